The molecule has 4 nitrogen and oxygen atoms in total. The molecular weight excluding hydrogens is 420 g/mol. The molecule has 2 aliphatic rings. The SMILES string of the molecule is COc1cccc(-c2c([C@@H]3c4ccccc4C(=O)N3C3CCCCC3)c3ccccc3n2C)c1. The van der Waals surface area contributed by atoms with Crippen molar-refractivity contribution < 1.29 is 9.53 Å². The van der Waals surface area contributed by atoms with Gasteiger partial charge in [-0.05, 0) is 42.7 Å². The van der Waals surface area contributed by atoms with Gasteiger partial charge in [0.15, 0.2) is 0 Å². The smallest absolute Gasteiger partial charge is 0.255 e. The molecule has 1 aromatic heterocycles. The quantitative estimate of drug-likeness (QED) is 0.345. The summed E-state index contributed by atoms with van der Waals surface area (Å²) in [5.74, 6) is 1.01. The second kappa shape index (κ2) is 8.35. The molecule has 0 spiro atoms. The normalized spacial score (nSPS) is 18.5. The third-order valence-corrected chi connectivity index (χ3v) is 7.73. The molecule has 2 heterocycles. The number of carbonyl (C=O) groups is 1. The first-order chi connectivity index (χ1) is 16.7. The summed E-state index contributed by atoms with van der Waals surface area (Å²) in [4.78, 5) is 16.1. The van der Waals surface area contributed by atoms with Gasteiger partial charge >= 0.3 is 0 Å². The number of aryl methyl sites for hydroxylation is 1. The first kappa shape index (κ1) is 21.0. The van der Waals surface area contributed by atoms with E-state index in [-0.39, 0.29) is 18.0 Å². The maximum atomic E-state index is 13.9. The molecule has 172 valence electrons. The summed E-state index contributed by atoms with van der Waals surface area (Å²) in [5, 5.41) is 1.21. The van der Waals surface area contributed by atoms with E-state index in [2.05, 4.69) is 65.0 Å². The van der Waals surface area contributed by atoms with Crippen LogP contribution in [0.5, 0.6) is 5.75 Å². The molecule has 1 atom stereocenters. The van der Waals surface area contributed by atoms with Gasteiger partial charge in [-0.1, -0.05) is 67.8 Å². The van der Waals surface area contributed by atoms with Crippen molar-refractivity contribution in [1.29, 1.82) is 0 Å². The van der Waals surface area contributed by atoms with Crippen molar-refractivity contribution in [3.63, 3.8) is 0 Å². The zero-order valence-corrected chi connectivity index (χ0v) is 19.8. The Labute approximate surface area is 200 Å². The molecule has 0 unspecified atom stereocenters. The zero-order valence-electron chi connectivity index (χ0n) is 19.8. The van der Waals surface area contributed by atoms with Crippen molar-refractivity contribution in [2.24, 2.45) is 7.05 Å². The molecule has 0 saturated heterocycles. The third kappa shape index (κ3) is 3.16. The summed E-state index contributed by atoms with van der Waals surface area (Å²) in [6.45, 7) is 0. The Morgan fingerprint density at radius 2 is 1.65 bits per heavy atom. The van der Waals surface area contributed by atoms with E-state index < -0.39 is 0 Å². The van der Waals surface area contributed by atoms with E-state index in [0.717, 1.165) is 41.0 Å². The molecule has 0 N–H and O–H groups in total. The van der Waals surface area contributed by atoms with Crippen molar-refractivity contribution >= 4 is 16.8 Å². The van der Waals surface area contributed by atoms with Gasteiger partial charge in [-0.25, -0.2) is 0 Å². The molecule has 4 heteroatoms. The van der Waals surface area contributed by atoms with Crippen LogP contribution in [0, 0.1) is 0 Å². The van der Waals surface area contributed by atoms with Crippen LogP contribution in [-0.2, 0) is 7.05 Å². The number of hydrogen-bond acceptors (Lipinski definition) is 2. The average molecular weight is 451 g/mol. The number of amides is 1. The first-order valence-electron chi connectivity index (χ1n) is 12.3. The molecule has 1 saturated carbocycles. The topological polar surface area (TPSA) is 34.5 Å². The Bertz CT molecular complexity index is 1380. The lowest BCUT2D eigenvalue weighted by atomic mass is 9.89. The van der Waals surface area contributed by atoms with E-state index in [1.807, 2.05) is 24.3 Å². The molecule has 1 aliphatic carbocycles. The van der Waals surface area contributed by atoms with Crippen molar-refractivity contribution in [3.05, 3.63) is 89.5 Å². The number of fused-ring (bicyclic) bond motifs is 2. The van der Waals surface area contributed by atoms with E-state index in [1.54, 1.807) is 7.11 Å². The van der Waals surface area contributed by atoms with Gasteiger partial charge in [0.1, 0.15) is 5.75 Å². The molecule has 1 aliphatic heterocycles. The van der Waals surface area contributed by atoms with Gasteiger partial charge in [0.25, 0.3) is 5.91 Å². The van der Waals surface area contributed by atoms with Crippen molar-refractivity contribution in [2.75, 3.05) is 7.11 Å². The summed E-state index contributed by atoms with van der Waals surface area (Å²) in [7, 11) is 3.84. The second-order valence-electron chi connectivity index (χ2n) is 9.56. The Balaban J connectivity index is 1.65. The lowest BCUT2D eigenvalue weighted by Crippen LogP contribution is -2.40. The maximum absolute atomic E-state index is 13.9. The van der Waals surface area contributed by atoms with E-state index >= 15 is 0 Å². The predicted octanol–water partition coefficient (Wildman–Crippen LogP) is 6.73. The molecule has 0 bridgehead atoms. The molecule has 0 radical (unpaired) electrons. The molecule has 1 amide bonds. The lowest BCUT2D eigenvalue weighted by Gasteiger charge is -2.36. The standard InChI is InChI=1S/C30H30N2O2/c1-31-26-18-9-8-17-25(26)27(28(31)20-11-10-14-22(19-20)34-2)29-23-15-6-7-16-24(23)30(33)32(29)21-12-4-3-5-13-21/h6-11,14-19,21,29H,3-5,12-13H2,1-2H3/t29-/m0/s1. The summed E-state index contributed by atoms with van der Waals surface area (Å²) in [6.07, 6.45) is 5.80. The Morgan fingerprint density at radius 1 is 0.882 bits per heavy atom. The number of para-hydroxylation sites is 1. The minimum Gasteiger partial charge on any atom is -0.497 e. The summed E-state index contributed by atoms with van der Waals surface area (Å²) in [5.41, 5.74) is 6.62. The number of hydrogen-bond donors (Lipinski definition) is 0. The number of ether oxygens (including phenoxy) is 1. The van der Waals surface area contributed by atoms with Gasteiger partial charge in [-0.15, -0.1) is 0 Å². The summed E-state index contributed by atoms with van der Waals surface area (Å²) >= 11 is 0. The Hall–Kier alpha value is -3.53. The van der Waals surface area contributed by atoms with Crippen LogP contribution >= 0.6 is 0 Å². The number of benzene rings is 3. The van der Waals surface area contributed by atoms with Crippen LogP contribution in [0.15, 0.2) is 72.8 Å². The van der Waals surface area contributed by atoms with Crippen LogP contribution in [0.4, 0.5) is 0 Å². The minimum absolute atomic E-state index is 0.0981. The van der Waals surface area contributed by atoms with Crippen molar-refractivity contribution in [1.82, 2.24) is 9.47 Å². The highest BCUT2D eigenvalue weighted by Crippen LogP contribution is 2.48. The van der Waals surface area contributed by atoms with E-state index in [0.29, 0.717) is 0 Å². The monoisotopic (exact) mass is 450 g/mol. The average Bonchev–Trinajstić information content (AvgIpc) is 3.35. The first-order valence-corrected chi connectivity index (χ1v) is 12.3. The fourth-order valence-electron chi connectivity index (χ4n) is 6.19. The molecule has 3 aromatic carbocycles. The lowest BCUT2D eigenvalue weighted by molar-refractivity contribution is 0.0613. The van der Waals surface area contributed by atoms with E-state index in [4.69, 9.17) is 4.74 Å². The number of rotatable bonds is 4. The second-order valence-corrected chi connectivity index (χ2v) is 9.56. The molecular formula is C30H30N2O2. The van der Waals surface area contributed by atoms with Gasteiger partial charge in [0.2, 0.25) is 0 Å². The number of aromatic nitrogens is 1. The van der Waals surface area contributed by atoms with Gasteiger partial charge < -0.3 is 14.2 Å². The van der Waals surface area contributed by atoms with Crippen LogP contribution in [0.25, 0.3) is 22.2 Å². The maximum Gasteiger partial charge on any atom is 0.255 e. The highest BCUT2D eigenvalue weighted by atomic mass is 16.5. The van der Waals surface area contributed by atoms with E-state index in [9.17, 15) is 4.79 Å². The number of nitrogens with zero attached hydrogens (tertiary/aromatic N) is 2. The Morgan fingerprint density at radius 3 is 2.47 bits per heavy atom. The van der Waals surface area contributed by atoms with Gasteiger partial charge in [-0.3, -0.25) is 4.79 Å². The fraction of sp³-hybridized carbons (Fsp3) is 0.300. The largest absolute Gasteiger partial charge is 0.497 e. The van der Waals surface area contributed by atoms with Crippen molar-refractivity contribution in [3.8, 4) is 17.0 Å². The fourth-order valence-corrected chi connectivity index (χ4v) is 6.19. The minimum atomic E-state index is -0.0981. The molecule has 1 fully saturated rings. The summed E-state index contributed by atoms with van der Waals surface area (Å²) in [6, 6.07) is 25.2. The van der Waals surface area contributed by atoms with Crippen LogP contribution in [0.3, 0.4) is 0 Å². The summed E-state index contributed by atoms with van der Waals surface area (Å²) < 4.78 is 7.85. The molecule has 34 heavy (non-hydrogen) atoms. The Kier molecular flexibility index (Phi) is 5.17. The molecule has 6 rings (SSSR count). The number of carbonyl (C=O) groups excluding carboxylic acids is 1. The third-order valence-electron chi connectivity index (χ3n) is 7.73. The van der Waals surface area contributed by atoms with Crippen LogP contribution < -0.4 is 4.74 Å². The van der Waals surface area contributed by atoms with Crippen LogP contribution in [0.1, 0.15) is 59.6 Å². The molecule has 4 aromatic rings. The number of methoxy groups -OCH3 is 1. The van der Waals surface area contributed by atoms with Crippen LogP contribution in [-0.4, -0.2) is 28.5 Å². The highest BCUT2D eigenvalue weighted by Gasteiger charge is 2.43. The zero-order chi connectivity index (χ0) is 23.2. The van der Waals surface area contributed by atoms with Gasteiger partial charge in [0, 0.05) is 40.7 Å². The van der Waals surface area contributed by atoms with Crippen molar-refractivity contribution in [2.45, 2.75) is 44.2 Å². The predicted molar refractivity (Wildman–Crippen MR) is 136 cm³/mol. The van der Waals surface area contributed by atoms with Gasteiger partial charge in [-0.2, -0.15) is 0 Å². The van der Waals surface area contributed by atoms with E-state index in [1.165, 1.54) is 35.7 Å². The van der Waals surface area contributed by atoms with Crippen LogP contribution in [0.2, 0.25) is 0 Å². The highest BCUT2D eigenvalue weighted by molar-refractivity contribution is 6.02. The van der Waals surface area contributed by atoms with Gasteiger partial charge in [0.05, 0.1) is 18.8 Å².